The van der Waals surface area contributed by atoms with Gasteiger partial charge in [-0.3, -0.25) is 19.7 Å². The molecule has 0 bridgehead atoms. The molecule has 0 amide bonds. The first-order chi connectivity index (χ1) is 11.9. The van der Waals surface area contributed by atoms with E-state index in [1.54, 1.807) is 0 Å². The maximum atomic E-state index is 10.7. The summed E-state index contributed by atoms with van der Waals surface area (Å²) >= 11 is 0. The maximum Gasteiger partial charge on any atom is 0.306 e. The highest BCUT2D eigenvalue weighted by molar-refractivity contribution is 5.33. The molecule has 0 saturated carbocycles. The molecule has 2 aromatic rings. The van der Waals surface area contributed by atoms with Gasteiger partial charge < -0.3 is 5.11 Å². The van der Waals surface area contributed by atoms with Gasteiger partial charge in [0, 0.05) is 12.6 Å². The second-order valence-corrected chi connectivity index (χ2v) is 6.84. The predicted octanol–water partition coefficient (Wildman–Crippen LogP) is 2.61. The quantitative estimate of drug-likeness (QED) is 0.643. The summed E-state index contributed by atoms with van der Waals surface area (Å²) in [5.41, 5.74) is 3.80. The SMILES string of the molecule is Cc1ccc(C)c(C2CCCN2CC(O)Cn2cc([N+](=O)[O-])cn2)c1. The Kier molecular flexibility index (Phi) is 5.15. The highest BCUT2D eigenvalue weighted by atomic mass is 16.6. The second-order valence-electron chi connectivity index (χ2n) is 6.84. The first kappa shape index (κ1) is 17.6. The number of nitro groups is 1. The third kappa shape index (κ3) is 4.05. The van der Waals surface area contributed by atoms with Crippen LogP contribution < -0.4 is 0 Å². The lowest BCUT2D eigenvalue weighted by Gasteiger charge is -2.28. The molecule has 1 aliphatic heterocycles. The second kappa shape index (κ2) is 7.33. The lowest BCUT2D eigenvalue weighted by atomic mass is 9.97. The van der Waals surface area contributed by atoms with E-state index in [0.717, 1.165) is 19.4 Å². The van der Waals surface area contributed by atoms with Crippen LogP contribution in [0.3, 0.4) is 0 Å². The zero-order chi connectivity index (χ0) is 18.0. The van der Waals surface area contributed by atoms with E-state index in [1.165, 1.54) is 33.8 Å². The van der Waals surface area contributed by atoms with Crippen molar-refractivity contribution >= 4 is 5.69 Å². The molecule has 2 unspecified atom stereocenters. The highest BCUT2D eigenvalue weighted by Crippen LogP contribution is 2.34. The van der Waals surface area contributed by atoms with Crippen molar-refractivity contribution in [3.63, 3.8) is 0 Å². The van der Waals surface area contributed by atoms with Crippen LogP contribution in [-0.4, -0.2) is 43.9 Å². The van der Waals surface area contributed by atoms with Crippen molar-refractivity contribution in [3.05, 3.63) is 57.4 Å². The normalized spacial score (nSPS) is 19.2. The zero-order valence-electron chi connectivity index (χ0n) is 14.6. The Morgan fingerprint density at radius 1 is 1.40 bits per heavy atom. The van der Waals surface area contributed by atoms with Crippen LogP contribution in [0.2, 0.25) is 0 Å². The van der Waals surface area contributed by atoms with Gasteiger partial charge in [0.1, 0.15) is 12.4 Å². The number of aliphatic hydroxyl groups excluding tert-OH is 1. The molecule has 1 N–H and O–H groups in total. The fraction of sp³-hybridized carbons (Fsp3) is 0.500. The van der Waals surface area contributed by atoms with Gasteiger partial charge >= 0.3 is 5.69 Å². The lowest BCUT2D eigenvalue weighted by Crippen LogP contribution is -2.34. The number of nitrogens with zero attached hydrogens (tertiary/aromatic N) is 4. The molecule has 2 atom stereocenters. The van der Waals surface area contributed by atoms with Crippen molar-refractivity contribution < 1.29 is 10.0 Å². The van der Waals surface area contributed by atoms with E-state index in [9.17, 15) is 15.2 Å². The van der Waals surface area contributed by atoms with Crippen LogP contribution in [0, 0.1) is 24.0 Å². The molecule has 7 nitrogen and oxygen atoms in total. The van der Waals surface area contributed by atoms with E-state index >= 15 is 0 Å². The van der Waals surface area contributed by atoms with Crippen LogP contribution in [0.25, 0.3) is 0 Å². The monoisotopic (exact) mass is 344 g/mol. The van der Waals surface area contributed by atoms with Gasteiger partial charge in [0.15, 0.2) is 0 Å². The van der Waals surface area contributed by atoms with E-state index < -0.39 is 11.0 Å². The molecule has 2 heterocycles. The van der Waals surface area contributed by atoms with Gasteiger partial charge in [0.25, 0.3) is 0 Å². The summed E-state index contributed by atoms with van der Waals surface area (Å²) < 4.78 is 1.44. The van der Waals surface area contributed by atoms with Crippen LogP contribution in [0.5, 0.6) is 0 Å². The Labute approximate surface area is 147 Å². The van der Waals surface area contributed by atoms with Crippen molar-refractivity contribution in [2.24, 2.45) is 0 Å². The minimum atomic E-state index is -0.620. The third-order valence-corrected chi connectivity index (χ3v) is 4.83. The number of likely N-dealkylation sites (tertiary alicyclic amines) is 1. The van der Waals surface area contributed by atoms with E-state index in [4.69, 9.17) is 0 Å². The Balaban J connectivity index is 1.66. The Morgan fingerprint density at radius 3 is 2.92 bits per heavy atom. The molecule has 1 saturated heterocycles. The maximum absolute atomic E-state index is 10.7. The number of aryl methyl sites for hydroxylation is 2. The standard InChI is InChI=1S/C18H24N4O3/c1-13-5-6-14(2)17(8-13)18-4-3-7-20(18)11-16(23)12-21-10-15(9-19-21)22(24)25/h5-6,8-10,16,18,23H,3-4,7,11-12H2,1-2H3. The van der Waals surface area contributed by atoms with Crippen LogP contribution in [0.4, 0.5) is 5.69 Å². The van der Waals surface area contributed by atoms with Crippen molar-refractivity contribution in [2.45, 2.75) is 45.4 Å². The molecular formula is C18H24N4O3. The summed E-state index contributed by atoms with van der Waals surface area (Å²) in [6.45, 7) is 5.97. The first-order valence-electron chi connectivity index (χ1n) is 8.60. The highest BCUT2D eigenvalue weighted by Gasteiger charge is 2.28. The van der Waals surface area contributed by atoms with Crippen molar-refractivity contribution in [1.29, 1.82) is 0 Å². The van der Waals surface area contributed by atoms with Crippen molar-refractivity contribution in [3.8, 4) is 0 Å². The van der Waals surface area contributed by atoms with Gasteiger partial charge in [0.05, 0.1) is 17.6 Å². The van der Waals surface area contributed by atoms with E-state index in [2.05, 4.69) is 42.0 Å². The van der Waals surface area contributed by atoms with E-state index in [-0.39, 0.29) is 12.2 Å². The molecule has 7 heteroatoms. The number of aliphatic hydroxyl groups is 1. The van der Waals surface area contributed by atoms with E-state index in [1.807, 2.05) is 0 Å². The van der Waals surface area contributed by atoms with Crippen LogP contribution in [-0.2, 0) is 6.54 Å². The van der Waals surface area contributed by atoms with E-state index in [0.29, 0.717) is 12.6 Å². The fourth-order valence-electron chi connectivity index (χ4n) is 3.61. The third-order valence-electron chi connectivity index (χ3n) is 4.83. The van der Waals surface area contributed by atoms with Gasteiger partial charge in [0.2, 0.25) is 0 Å². The molecule has 1 aromatic heterocycles. The molecule has 1 aromatic carbocycles. The smallest absolute Gasteiger partial charge is 0.306 e. The molecule has 3 rings (SSSR count). The minimum absolute atomic E-state index is 0.0540. The molecule has 1 aliphatic rings. The summed E-state index contributed by atoms with van der Waals surface area (Å²) in [5, 5.41) is 25.1. The van der Waals surface area contributed by atoms with Crippen LogP contribution >= 0.6 is 0 Å². The molecule has 25 heavy (non-hydrogen) atoms. The zero-order valence-corrected chi connectivity index (χ0v) is 14.6. The topological polar surface area (TPSA) is 84.4 Å². The average Bonchev–Trinajstić information content (AvgIpc) is 3.19. The number of aromatic nitrogens is 2. The molecule has 0 radical (unpaired) electrons. The molecule has 134 valence electrons. The van der Waals surface area contributed by atoms with Gasteiger partial charge in [-0.1, -0.05) is 23.8 Å². The van der Waals surface area contributed by atoms with Gasteiger partial charge in [-0.15, -0.1) is 0 Å². The lowest BCUT2D eigenvalue weighted by molar-refractivity contribution is -0.385. The van der Waals surface area contributed by atoms with Crippen LogP contribution in [0.15, 0.2) is 30.6 Å². The Hall–Kier alpha value is -2.25. The van der Waals surface area contributed by atoms with Crippen molar-refractivity contribution in [1.82, 2.24) is 14.7 Å². The number of β-amino-alcohol motifs (C(OH)–C–C–N with tert-alkyl or cyclic N) is 1. The number of benzene rings is 1. The number of rotatable bonds is 6. The van der Waals surface area contributed by atoms with Gasteiger partial charge in [-0.05, 0) is 44.4 Å². The Morgan fingerprint density at radius 2 is 2.20 bits per heavy atom. The molecular weight excluding hydrogens is 320 g/mol. The number of hydrogen-bond acceptors (Lipinski definition) is 5. The summed E-state index contributed by atoms with van der Waals surface area (Å²) in [4.78, 5) is 12.6. The molecule has 1 fully saturated rings. The molecule has 0 spiro atoms. The number of hydrogen-bond donors (Lipinski definition) is 1. The summed E-state index contributed by atoms with van der Waals surface area (Å²) in [6.07, 6.45) is 4.14. The van der Waals surface area contributed by atoms with Gasteiger partial charge in [-0.2, -0.15) is 5.10 Å². The largest absolute Gasteiger partial charge is 0.390 e. The predicted molar refractivity (Wildman–Crippen MR) is 94.4 cm³/mol. The minimum Gasteiger partial charge on any atom is -0.390 e. The Bertz CT molecular complexity index is 759. The summed E-state index contributed by atoms with van der Waals surface area (Å²) in [6, 6.07) is 6.83. The van der Waals surface area contributed by atoms with Gasteiger partial charge in [-0.25, -0.2) is 0 Å². The van der Waals surface area contributed by atoms with Crippen LogP contribution in [0.1, 0.15) is 35.6 Å². The average molecular weight is 344 g/mol. The summed E-state index contributed by atoms with van der Waals surface area (Å²) in [5.74, 6) is 0. The molecule has 0 aliphatic carbocycles. The fourth-order valence-corrected chi connectivity index (χ4v) is 3.61. The summed E-state index contributed by atoms with van der Waals surface area (Å²) in [7, 11) is 0. The van der Waals surface area contributed by atoms with Crippen molar-refractivity contribution in [2.75, 3.05) is 13.1 Å². The first-order valence-corrected chi connectivity index (χ1v) is 8.60.